The molecule has 20 aromatic carbocycles. The fourth-order valence-electron chi connectivity index (χ4n) is 20.8. The first-order chi connectivity index (χ1) is 66.6. The molecular weight excluding hydrogens is 1810 g/mol. The summed E-state index contributed by atoms with van der Waals surface area (Å²) in [7, 11) is -6.92. The predicted octanol–water partition coefficient (Wildman–Crippen LogP) is 35.5. The van der Waals surface area contributed by atoms with Crippen molar-refractivity contribution >= 4 is 186 Å². The van der Waals surface area contributed by atoms with E-state index in [0.29, 0.717) is 45.0 Å². The fourth-order valence-corrected chi connectivity index (χ4v) is 25.5. The van der Waals surface area contributed by atoms with Crippen LogP contribution in [0.1, 0.15) is 44.5 Å². The van der Waals surface area contributed by atoms with Crippen LogP contribution in [-0.2, 0) is 0 Å². The lowest BCUT2D eigenvalue weighted by atomic mass is 9.90. The van der Waals surface area contributed by atoms with E-state index in [-0.39, 0.29) is 22.7 Å². The fraction of sp³-hybridized carbons (Fsp3) is 0.161. The summed E-state index contributed by atoms with van der Waals surface area (Å²) >= 11 is 0. The molecular formula is C124H112F8N4Si4. The van der Waals surface area contributed by atoms with Crippen molar-refractivity contribution in [2.24, 2.45) is 0 Å². The minimum atomic E-state index is -1.73. The lowest BCUT2D eigenvalue weighted by molar-refractivity contribution is 0.584. The van der Waals surface area contributed by atoms with Crippen LogP contribution in [0.15, 0.2) is 315 Å². The summed E-state index contributed by atoms with van der Waals surface area (Å²) in [5, 5.41) is 16.1. The molecule has 0 bridgehead atoms. The molecule has 0 atom stereocenters. The van der Waals surface area contributed by atoms with E-state index in [1.807, 2.05) is 172 Å². The summed E-state index contributed by atoms with van der Waals surface area (Å²) in [6.07, 6.45) is 0. The summed E-state index contributed by atoms with van der Waals surface area (Å²) < 4.78 is 131. The molecule has 0 saturated carbocycles. The van der Waals surface area contributed by atoms with E-state index in [2.05, 4.69) is 248 Å². The van der Waals surface area contributed by atoms with Crippen LogP contribution in [0, 0.1) is 102 Å². The minimum Gasteiger partial charge on any atom is -0.307 e. The zero-order chi connectivity index (χ0) is 99.1. The molecule has 0 N–H and O–H groups in total. The van der Waals surface area contributed by atoms with Crippen LogP contribution in [0.5, 0.6) is 0 Å². The van der Waals surface area contributed by atoms with Crippen molar-refractivity contribution in [2.75, 3.05) is 19.6 Å². The van der Waals surface area contributed by atoms with Gasteiger partial charge in [-0.3, -0.25) is 0 Å². The molecule has 0 unspecified atom stereocenters. The minimum absolute atomic E-state index is 0.241. The van der Waals surface area contributed by atoms with Gasteiger partial charge in [-0.25, -0.2) is 35.1 Å². The van der Waals surface area contributed by atoms with E-state index >= 15 is 35.1 Å². The Morgan fingerprint density at radius 3 is 0.636 bits per heavy atom. The normalized spacial score (nSPS) is 12.1. The molecule has 0 aliphatic rings. The van der Waals surface area contributed by atoms with Crippen LogP contribution < -0.4 is 40.3 Å². The smallest absolute Gasteiger partial charge is 0.150 e. The molecule has 0 aliphatic carbocycles. The number of hydrogen-bond acceptors (Lipinski definition) is 4. The highest BCUT2D eigenvalue weighted by Gasteiger charge is 2.35. The molecule has 700 valence electrons. The lowest BCUT2D eigenvalue weighted by Crippen LogP contribution is -2.37. The number of anilines is 12. The second kappa shape index (κ2) is 36.3. The van der Waals surface area contributed by atoms with Crippen molar-refractivity contribution < 1.29 is 35.1 Å². The van der Waals surface area contributed by atoms with Gasteiger partial charge in [-0.15, -0.1) is 0 Å². The van der Waals surface area contributed by atoms with E-state index in [4.69, 9.17) is 0 Å². The Bertz CT molecular complexity index is 7770. The quantitative estimate of drug-likeness (QED) is 0.0428. The third-order valence-electron chi connectivity index (χ3n) is 28.0. The number of rotatable bonds is 20. The Hall–Kier alpha value is -14.0. The van der Waals surface area contributed by atoms with Crippen molar-refractivity contribution in [1.82, 2.24) is 0 Å². The number of nitrogens with zero attached hydrogens (tertiary/aromatic N) is 4. The highest BCUT2D eigenvalue weighted by Crippen LogP contribution is 2.56. The van der Waals surface area contributed by atoms with Crippen molar-refractivity contribution in [1.29, 1.82) is 0 Å². The number of benzene rings is 20. The topological polar surface area (TPSA) is 13.0 Å². The van der Waals surface area contributed by atoms with E-state index < -0.39 is 78.8 Å². The van der Waals surface area contributed by atoms with Gasteiger partial charge in [0, 0.05) is 90.8 Å². The molecule has 0 spiro atoms. The first-order valence-corrected chi connectivity index (χ1v) is 61.8. The molecule has 0 fully saturated rings. The summed E-state index contributed by atoms with van der Waals surface area (Å²) in [6.45, 7) is 43.4. The van der Waals surface area contributed by atoms with E-state index in [1.54, 1.807) is 0 Å². The third kappa shape index (κ3) is 17.4. The van der Waals surface area contributed by atoms with Crippen molar-refractivity contribution in [2.45, 2.75) is 134 Å². The van der Waals surface area contributed by atoms with Crippen LogP contribution in [-0.4, -0.2) is 32.3 Å². The van der Waals surface area contributed by atoms with Gasteiger partial charge in [0.25, 0.3) is 0 Å². The lowest BCUT2D eigenvalue weighted by Gasteiger charge is -2.32. The summed E-state index contributed by atoms with van der Waals surface area (Å²) in [4.78, 5) is 7.80. The van der Waals surface area contributed by atoms with E-state index in [9.17, 15) is 0 Å². The SMILES string of the molecule is Cc1ccc(C)c(-c2cc(F)cc(F)c2N(c2ccc([Si](C)(C)C)cc2)c2ccc3ccc4c(N(c5ccc([Si](C)(C)C)cc5)c5c(F)cc(F)cc5-c5cc(C)ccc5C)ccc5ccc2c3c54)c1.Cc1cccc(C)c1-c1cc(F)cc(F)c1N(c1ccc([Si](C)(C)C)cc1)c1ccc2ccc3c(N(c4ccc([Si](C)(C)C)cc4)c4c(F)cc(F)cc4-c4c(C)cccc4C)ccc4ccc1c2c43. The van der Waals surface area contributed by atoms with Gasteiger partial charge in [0.1, 0.15) is 23.3 Å². The summed E-state index contributed by atoms with van der Waals surface area (Å²) in [6, 6.07) is 100. The van der Waals surface area contributed by atoms with Crippen LogP contribution in [0.25, 0.3) is 109 Å². The Labute approximate surface area is 819 Å². The predicted molar refractivity (Wildman–Crippen MR) is 590 cm³/mol. The number of hydrogen-bond donors (Lipinski definition) is 0. The Balaban J connectivity index is 0.000000178. The standard InChI is InChI=1S/2C62H56F4N2Si2/c1-37-11-13-39(3)51(31-37)53-33-43(63)35-55(65)61(53)67(45-19-23-47(24-20-45)69(5,6)7)57-29-17-41-16-28-50-58(30-18-42-15-27-49(57)59(41)60(42)50)68(46-21-25-48(26-22-46)70(8,9)10)62-54(34-44(64)36-56(62)66)52-32-38(2)12-14-40(52)4;1-37-13-11-14-38(2)57(37)51-33-43(63)35-53(65)61(51)67(45-21-25-47(26-22-45)69(5,6)7)55-31-19-41-18-30-50-56(32-20-42-17-29-49(55)59(41)60(42)50)68(46-23-27-48(28-24-46)70(8,9)10)62-52(34-44(64)36-54(62)66)58-39(3)15-12-16-40(58)4/h2*11-36H,1-10H3. The van der Waals surface area contributed by atoms with Gasteiger partial charge in [-0.2, -0.15) is 0 Å². The second-order valence-corrected chi connectivity index (χ2v) is 62.3. The van der Waals surface area contributed by atoms with Crippen molar-refractivity contribution in [3.8, 4) is 44.5 Å². The number of halogens is 8. The van der Waals surface area contributed by atoms with Crippen LogP contribution in [0.3, 0.4) is 0 Å². The van der Waals surface area contributed by atoms with Crippen LogP contribution in [0.2, 0.25) is 78.6 Å². The molecule has 20 aromatic rings. The molecule has 16 heteroatoms. The average molecular weight is 1920 g/mol. The largest absolute Gasteiger partial charge is 0.307 e. The monoisotopic (exact) mass is 1920 g/mol. The van der Waals surface area contributed by atoms with Gasteiger partial charge in [0.2, 0.25) is 0 Å². The van der Waals surface area contributed by atoms with Gasteiger partial charge in [0.05, 0.1) is 77.8 Å². The zero-order valence-electron chi connectivity index (χ0n) is 82.8. The maximum absolute atomic E-state index is 17.2. The van der Waals surface area contributed by atoms with Gasteiger partial charge < -0.3 is 19.6 Å². The Morgan fingerprint density at radius 1 is 0.193 bits per heavy atom. The van der Waals surface area contributed by atoms with E-state index in [0.717, 1.165) is 178 Å². The molecule has 140 heavy (non-hydrogen) atoms. The van der Waals surface area contributed by atoms with Crippen molar-refractivity contribution in [3.05, 3.63) is 406 Å². The maximum atomic E-state index is 17.2. The average Bonchev–Trinajstić information content (AvgIpc) is 0.714. The summed E-state index contributed by atoms with van der Waals surface area (Å²) in [5.41, 5.74) is 18.9. The van der Waals surface area contributed by atoms with Gasteiger partial charge in [-0.1, -0.05) is 305 Å². The first-order valence-electron chi connectivity index (χ1n) is 47.8. The molecule has 0 saturated heterocycles. The Kier molecular flexibility index (Phi) is 24.6. The van der Waals surface area contributed by atoms with E-state index in [1.165, 1.54) is 45.0 Å². The van der Waals surface area contributed by atoms with Crippen LogP contribution in [0.4, 0.5) is 103 Å². The first kappa shape index (κ1) is 94.9. The maximum Gasteiger partial charge on any atom is 0.150 e. The number of aryl methyl sites for hydroxylation is 8. The molecule has 0 aliphatic heterocycles. The molecule has 0 aromatic heterocycles. The zero-order valence-corrected chi connectivity index (χ0v) is 86.8. The van der Waals surface area contributed by atoms with Gasteiger partial charge >= 0.3 is 0 Å². The molecule has 0 heterocycles. The highest BCUT2D eigenvalue weighted by atomic mass is 28.3. The molecule has 4 nitrogen and oxygen atoms in total. The second-order valence-electron chi connectivity index (χ2n) is 42.0. The third-order valence-corrected chi connectivity index (χ3v) is 36.3. The Morgan fingerprint density at radius 2 is 0.407 bits per heavy atom. The van der Waals surface area contributed by atoms with Gasteiger partial charge in [-0.05, 0) is 251 Å². The summed E-state index contributed by atoms with van der Waals surface area (Å²) in [5.74, 6) is -5.37. The van der Waals surface area contributed by atoms with Gasteiger partial charge in [0.15, 0.2) is 23.3 Å². The molecule has 0 amide bonds. The molecule has 0 radical (unpaired) electrons. The van der Waals surface area contributed by atoms with Crippen LogP contribution >= 0.6 is 0 Å². The highest BCUT2D eigenvalue weighted by molar-refractivity contribution is 6.90. The van der Waals surface area contributed by atoms with Crippen molar-refractivity contribution in [3.63, 3.8) is 0 Å². The molecule has 20 rings (SSSR count).